The van der Waals surface area contributed by atoms with E-state index in [2.05, 4.69) is 24.2 Å². The molecule has 0 spiro atoms. The summed E-state index contributed by atoms with van der Waals surface area (Å²) in [7, 11) is 0. The molecule has 96 valence electrons. The molecule has 0 amide bonds. The zero-order valence-electron chi connectivity index (χ0n) is 10.6. The Labute approximate surface area is 107 Å². The summed E-state index contributed by atoms with van der Waals surface area (Å²) in [6.07, 6.45) is 3.51. The van der Waals surface area contributed by atoms with Crippen LogP contribution in [0.4, 0.5) is 5.69 Å². The zero-order chi connectivity index (χ0) is 12.8. The minimum absolute atomic E-state index is 0.410. The van der Waals surface area contributed by atoms with Crippen LogP contribution < -0.4 is 5.73 Å². The maximum atomic E-state index is 5.69. The van der Waals surface area contributed by atoms with Gasteiger partial charge in [-0.25, -0.2) is 0 Å². The average Bonchev–Trinajstić information content (AvgIpc) is 2.76. The van der Waals surface area contributed by atoms with Gasteiger partial charge in [0, 0.05) is 12.7 Å². The van der Waals surface area contributed by atoms with Crippen LogP contribution in [-0.4, -0.2) is 16.4 Å². The SMILES string of the molecule is CC(COCc1ccccc1)Cn1cc(N)cn1. The third kappa shape index (κ3) is 3.89. The molecule has 0 saturated heterocycles. The van der Waals surface area contributed by atoms with E-state index < -0.39 is 0 Å². The maximum absolute atomic E-state index is 5.69. The number of benzene rings is 1. The van der Waals surface area contributed by atoms with E-state index in [1.54, 1.807) is 6.20 Å². The van der Waals surface area contributed by atoms with Gasteiger partial charge in [-0.3, -0.25) is 4.68 Å². The standard InChI is InChI=1S/C14H19N3O/c1-12(8-17-9-14(15)7-16-17)10-18-11-13-5-3-2-4-6-13/h2-7,9,12H,8,10-11,15H2,1H3. The van der Waals surface area contributed by atoms with Gasteiger partial charge in [0.05, 0.1) is 25.1 Å². The number of rotatable bonds is 6. The third-order valence-electron chi connectivity index (χ3n) is 2.67. The molecule has 0 aliphatic heterocycles. The minimum atomic E-state index is 0.410. The molecule has 1 aromatic heterocycles. The van der Waals surface area contributed by atoms with Crippen LogP contribution in [-0.2, 0) is 17.9 Å². The number of nitrogens with two attached hydrogens (primary N) is 1. The predicted molar refractivity (Wildman–Crippen MR) is 71.9 cm³/mol. The van der Waals surface area contributed by atoms with Gasteiger partial charge in [0.2, 0.25) is 0 Å². The second-order valence-corrected chi connectivity index (χ2v) is 4.60. The van der Waals surface area contributed by atoms with Crippen LogP contribution in [0.3, 0.4) is 0 Å². The molecule has 0 fully saturated rings. The molecule has 18 heavy (non-hydrogen) atoms. The summed E-state index contributed by atoms with van der Waals surface area (Å²) in [5, 5.41) is 4.16. The Bertz CT molecular complexity index is 467. The lowest BCUT2D eigenvalue weighted by Gasteiger charge is -2.12. The quantitative estimate of drug-likeness (QED) is 0.849. The zero-order valence-corrected chi connectivity index (χ0v) is 10.6. The number of ether oxygens (including phenoxy) is 1. The van der Waals surface area contributed by atoms with Crippen molar-refractivity contribution in [2.45, 2.75) is 20.1 Å². The number of nitrogen functional groups attached to an aromatic ring is 1. The van der Waals surface area contributed by atoms with Crippen molar-refractivity contribution >= 4 is 5.69 Å². The number of hydrogen-bond acceptors (Lipinski definition) is 3. The van der Waals surface area contributed by atoms with Gasteiger partial charge in [-0.05, 0) is 11.5 Å². The second-order valence-electron chi connectivity index (χ2n) is 4.60. The van der Waals surface area contributed by atoms with E-state index in [1.165, 1.54) is 5.56 Å². The topological polar surface area (TPSA) is 53.1 Å². The van der Waals surface area contributed by atoms with Crippen molar-refractivity contribution in [3.8, 4) is 0 Å². The molecule has 0 aliphatic carbocycles. The Morgan fingerprint density at radius 3 is 2.78 bits per heavy atom. The molecular weight excluding hydrogens is 226 g/mol. The van der Waals surface area contributed by atoms with Crippen molar-refractivity contribution in [2.75, 3.05) is 12.3 Å². The smallest absolute Gasteiger partial charge is 0.0719 e. The van der Waals surface area contributed by atoms with Gasteiger partial charge < -0.3 is 10.5 Å². The highest BCUT2D eigenvalue weighted by molar-refractivity contribution is 5.30. The minimum Gasteiger partial charge on any atom is -0.396 e. The maximum Gasteiger partial charge on any atom is 0.0719 e. The van der Waals surface area contributed by atoms with E-state index >= 15 is 0 Å². The number of hydrogen-bond donors (Lipinski definition) is 1. The third-order valence-corrected chi connectivity index (χ3v) is 2.67. The van der Waals surface area contributed by atoms with Crippen LogP contribution in [0.15, 0.2) is 42.7 Å². The van der Waals surface area contributed by atoms with E-state index in [4.69, 9.17) is 10.5 Å². The van der Waals surface area contributed by atoms with E-state index in [0.29, 0.717) is 24.8 Å². The van der Waals surface area contributed by atoms with Crippen LogP contribution in [0.25, 0.3) is 0 Å². The van der Waals surface area contributed by atoms with Crippen molar-refractivity contribution in [1.29, 1.82) is 0 Å². The molecular formula is C14H19N3O. The molecule has 4 heteroatoms. The lowest BCUT2D eigenvalue weighted by molar-refractivity contribution is 0.0857. The highest BCUT2D eigenvalue weighted by atomic mass is 16.5. The van der Waals surface area contributed by atoms with E-state index in [-0.39, 0.29) is 0 Å². The summed E-state index contributed by atoms with van der Waals surface area (Å²) in [5.41, 5.74) is 7.52. The summed E-state index contributed by atoms with van der Waals surface area (Å²) >= 11 is 0. The van der Waals surface area contributed by atoms with Gasteiger partial charge in [0.1, 0.15) is 0 Å². The van der Waals surface area contributed by atoms with Gasteiger partial charge in [-0.15, -0.1) is 0 Å². The summed E-state index contributed by atoms with van der Waals surface area (Å²) in [6.45, 7) is 4.34. The number of aromatic nitrogens is 2. The molecule has 0 aliphatic rings. The van der Waals surface area contributed by atoms with E-state index in [1.807, 2.05) is 29.1 Å². The van der Waals surface area contributed by atoms with Crippen LogP contribution in [0.1, 0.15) is 12.5 Å². The Hall–Kier alpha value is -1.81. The number of nitrogens with zero attached hydrogens (tertiary/aromatic N) is 2. The first-order valence-corrected chi connectivity index (χ1v) is 6.13. The Balaban J connectivity index is 1.70. The molecule has 0 saturated carbocycles. The van der Waals surface area contributed by atoms with E-state index in [9.17, 15) is 0 Å². The van der Waals surface area contributed by atoms with Crippen molar-refractivity contribution in [3.63, 3.8) is 0 Å². The van der Waals surface area contributed by atoms with Gasteiger partial charge in [0.25, 0.3) is 0 Å². The normalized spacial score (nSPS) is 12.5. The van der Waals surface area contributed by atoms with Crippen molar-refractivity contribution < 1.29 is 4.74 Å². The highest BCUT2D eigenvalue weighted by Crippen LogP contribution is 2.06. The summed E-state index contributed by atoms with van der Waals surface area (Å²) < 4.78 is 7.54. The number of anilines is 1. The summed E-state index contributed by atoms with van der Waals surface area (Å²) in [5.74, 6) is 0.410. The molecule has 1 aromatic carbocycles. The Morgan fingerprint density at radius 1 is 1.33 bits per heavy atom. The Kier molecular flexibility index (Phi) is 4.36. The lowest BCUT2D eigenvalue weighted by Crippen LogP contribution is -2.14. The summed E-state index contributed by atoms with van der Waals surface area (Å²) in [6, 6.07) is 10.2. The molecule has 0 radical (unpaired) electrons. The largest absolute Gasteiger partial charge is 0.396 e. The fraction of sp³-hybridized carbons (Fsp3) is 0.357. The van der Waals surface area contributed by atoms with Crippen LogP contribution in [0, 0.1) is 5.92 Å². The predicted octanol–water partition coefficient (Wildman–Crippen LogP) is 2.32. The fourth-order valence-electron chi connectivity index (χ4n) is 1.80. The van der Waals surface area contributed by atoms with Crippen molar-refractivity contribution in [1.82, 2.24) is 9.78 Å². The van der Waals surface area contributed by atoms with E-state index in [0.717, 1.165) is 6.54 Å². The first-order chi connectivity index (χ1) is 8.74. The highest BCUT2D eigenvalue weighted by Gasteiger charge is 2.04. The fourth-order valence-corrected chi connectivity index (χ4v) is 1.80. The first kappa shape index (κ1) is 12.6. The van der Waals surface area contributed by atoms with Gasteiger partial charge in [0.15, 0.2) is 0 Å². The van der Waals surface area contributed by atoms with Crippen molar-refractivity contribution in [3.05, 3.63) is 48.3 Å². The van der Waals surface area contributed by atoms with Crippen molar-refractivity contribution in [2.24, 2.45) is 5.92 Å². The molecule has 1 atom stereocenters. The van der Waals surface area contributed by atoms with Gasteiger partial charge >= 0.3 is 0 Å². The molecule has 1 heterocycles. The van der Waals surface area contributed by atoms with Crippen LogP contribution >= 0.6 is 0 Å². The average molecular weight is 245 g/mol. The molecule has 2 rings (SSSR count). The second kappa shape index (κ2) is 6.21. The van der Waals surface area contributed by atoms with Gasteiger partial charge in [-0.2, -0.15) is 5.10 Å². The molecule has 4 nitrogen and oxygen atoms in total. The van der Waals surface area contributed by atoms with Gasteiger partial charge in [-0.1, -0.05) is 37.3 Å². The Morgan fingerprint density at radius 2 is 2.11 bits per heavy atom. The van der Waals surface area contributed by atoms with Crippen LogP contribution in [0.5, 0.6) is 0 Å². The van der Waals surface area contributed by atoms with Crippen LogP contribution in [0.2, 0.25) is 0 Å². The lowest BCUT2D eigenvalue weighted by atomic mass is 10.2. The molecule has 1 unspecified atom stereocenters. The monoisotopic (exact) mass is 245 g/mol. The first-order valence-electron chi connectivity index (χ1n) is 6.13. The molecule has 2 N–H and O–H groups in total. The molecule has 0 bridgehead atoms. The summed E-state index contributed by atoms with van der Waals surface area (Å²) in [4.78, 5) is 0. The molecule has 2 aromatic rings.